The van der Waals surface area contributed by atoms with Gasteiger partial charge in [-0.25, -0.2) is 4.79 Å². The number of nitrogens with zero attached hydrogens (tertiary/aromatic N) is 1. The van der Waals surface area contributed by atoms with Crippen LogP contribution in [0.5, 0.6) is 0 Å². The van der Waals surface area contributed by atoms with Gasteiger partial charge in [-0.1, -0.05) is 6.92 Å². The lowest BCUT2D eigenvalue weighted by Gasteiger charge is -2.21. The first-order chi connectivity index (χ1) is 7.36. The number of carbonyl (C=O) groups is 2. The standard InChI is InChI=1S/C11H22N2O3/c1-8(2)13(4)11(16)12-7-5-6-9(3)10(14)15/h8-9H,5-7H2,1-4H3,(H,12,16)(H,14,15). The predicted molar refractivity (Wildman–Crippen MR) is 62.3 cm³/mol. The average molecular weight is 230 g/mol. The summed E-state index contributed by atoms with van der Waals surface area (Å²) in [6, 6.07) is 0.0518. The van der Waals surface area contributed by atoms with Gasteiger partial charge >= 0.3 is 12.0 Å². The van der Waals surface area contributed by atoms with Crippen molar-refractivity contribution < 1.29 is 14.7 Å². The van der Waals surface area contributed by atoms with Crippen LogP contribution in [-0.4, -0.2) is 41.6 Å². The molecule has 0 aliphatic rings. The molecule has 0 spiro atoms. The van der Waals surface area contributed by atoms with E-state index in [-0.39, 0.29) is 18.0 Å². The molecule has 0 saturated heterocycles. The molecule has 0 aliphatic carbocycles. The van der Waals surface area contributed by atoms with Crippen molar-refractivity contribution in [1.29, 1.82) is 0 Å². The van der Waals surface area contributed by atoms with Gasteiger partial charge in [-0.2, -0.15) is 0 Å². The average Bonchev–Trinajstić information content (AvgIpc) is 2.22. The van der Waals surface area contributed by atoms with E-state index in [9.17, 15) is 9.59 Å². The second kappa shape index (κ2) is 7.09. The van der Waals surface area contributed by atoms with Crippen LogP contribution in [-0.2, 0) is 4.79 Å². The van der Waals surface area contributed by atoms with E-state index in [1.165, 1.54) is 0 Å². The number of hydrogen-bond donors (Lipinski definition) is 2. The van der Waals surface area contributed by atoms with Gasteiger partial charge in [0, 0.05) is 19.6 Å². The Bertz CT molecular complexity index is 241. The fraction of sp³-hybridized carbons (Fsp3) is 0.818. The molecule has 5 heteroatoms. The monoisotopic (exact) mass is 230 g/mol. The lowest BCUT2D eigenvalue weighted by Crippen LogP contribution is -2.41. The molecule has 0 heterocycles. The van der Waals surface area contributed by atoms with Crippen LogP contribution in [0.1, 0.15) is 33.6 Å². The smallest absolute Gasteiger partial charge is 0.317 e. The van der Waals surface area contributed by atoms with Gasteiger partial charge in [-0.15, -0.1) is 0 Å². The van der Waals surface area contributed by atoms with Crippen molar-refractivity contribution in [3.63, 3.8) is 0 Å². The SMILES string of the molecule is CC(CCCNC(=O)N(C)C(C)C)C(=O)O. The van der Waals surface area contributed by atoms with Gasteiger partial charge in [-0.05, 0) is 26.7 Å². The van der Waals surface area contributed by atoms with Gasteiger partial charge in [0.15, 0.2) is 0 Å². The predicted octanol–water partition coefficient (Wildman–Crippen LogP) is 1.54. The zero-order valence-corrected chi connectivity index (χ0v) is 10.5. The van der Waals surface area contributed by atoms with Crippen LogP contribution in [0.25, 0.3) is 0 Å². The van der Waals surface area contributed by atoms with Gasteiger partial charge in [0.1, 0.15) is 0 Å². The molecule has 0 saturated carbocycles. The number of amides is 2. The molecule has 1 unspecified atom stereocenters. The maximum Gasteiger partial charge on any atom is 0.317 e. The highest BCUT2D eigenvalue weighted by Gasteiger charge is 2.12. The van der Waals surface area contributed by atoms with Crippen LogP contribution in [0.15, 0.2) is 0 Å². The maximum absolute atomic E-state index is 11.5. The second-order valence-electron chi connectivity index (χ2n) is 4.32. The quantitative estimate of drug-likeness (QED) is 0.680. The van der Waals surface area contributed by atoms with Crippen molar-refractivity contribution in [3.05, 3.63) is 0 Å². The summed E-state index contributed by atoms with van der Waals surface area (Å²) in [4.78, 5) is 23.6. The van der Waals surface area contributed by atoms with Crippen molar-refractivity contribution in [2.75, 3.05) is 13.6 Å². The second-order valence-corrected chi connectivity index (χ2v) is 4.32. The normalized spacial score (nSPS) is 12.3. The molecular weight excluding hydrogens is 208 g/mol. The van der Waals surface area contributed by atoms with Gasteiger partial charge in [0.2, 0.25) is 0 Å². The van der Waals surface area contributed by atoms with E-state index in [0.29, 0.717) is 19.4 Å². The minimum absolute atomic E-state index is 0.113. The number of urea groups is 1. The van der Waals surface area contributed by atoms with Crippen LogP contribution >= 0.6 is 0 Å². The van der Waals surface area contributed by atoms with Crippen LogP contribution in [0.3, 0.4) is 0 Å². The van der Waals surface area contributed by atoms with E-state index < -0.39 is 5.97 Å². The lowest BCUT2D eigenvalue weighted by atomic mass is 10.1. The lowest BCUT2D eigenvalue weighted by molar-refractivity contribution is -0.141. The van der Waals surface area contributed by atoms with E-state index in [0.717, 1.165) is 0 Å². The molecule has 0 aromatic heterocycles. The Morgan fingerprint density at radius 1 is 1.31 bits per heavy atom. The molecule has 0 aromatic carbocycles. The zero-order valence-electron chi connectivity index (χ0n) is 10.5. The Kier molecular flexibility index (Phi) is 6.53. The topological polar surface area (TPSA) is 69.6 Å². The summed E-state index contributed by atoms with van der Waals surface area (Å²) in [6.07, 6.45) is 1.27. The molecule has 0 fully saturated rings. The maximum atomic E-state index is 11.5. The molecule has 1 atom stereocenters. The van der Waals surface area contributed by atoms with Gasteiger partial charge < -0.3 is 15.3 Å². The van der Waals surface area contributed by atoms with Crippen LogP contribution < -0.4 is 5.32 Å². The first kappa shape index (κ1) is 14.7. The summed E-state index contributed by atoms with van der Waals surface area (Å²) in [5.41, 5.74) is 0. The fourth-order valence-electron chi connectivity index (χ4n) is 1.09. The molecule has 2 N–H and O–H groups in total. The fourth-order valence-corrected chi connectivity index (χ4v) is 1.09. The Hall–Kier alpha value is -1.26. The van der Waals surface area contributed by atoms with Crippen molar-refractivity contribution in [2.24, 2.45) is 5.92 Å². The summed E-state index contributed by atoms with van der Waals surface area (Å²) in [6.45, 7) is 6.07. The first-order valence-electron chi connectivity index (χ1n) is 5.59. The molecular formula is C11H22N2O3. The summed E-state index contributed by atoms with van der Waals surface area (Å²) in [7, 11) is 1.74. The summed E-state index contributed by atoms with van der Waals surface area (Å²) >= 11 is 0. The minimum atomic E-state index is -0.786. The third-order valence-corrected chi connectivity index (χ3v) is 2.61. The van der Waals surface area contributed by atoms with Crippen molar-refractivity contribution in [2.45, 2.75) is 39.7 Å². The summed E-state index contributed by atoms with van der Waals surface area (Å²) in [5, 5.41) is 11.4. The molecule has 0 rings (SSSR count). The largest absolute Gasteiger partial charge is 0.481 e. The third-order valence-electron chi connectivity index (χ3n) is 2.61. The Balaban J connectivity index is 3.67. The molecule has 0 aromatic rings. The van der Waals surface area contributed by atoms with Gasteiger partial charge in [-0.3, -0.25) is 4.79 Å². The molecule has 2 amide bonds. The number of carboxylic acid groups (broad SMARTS) is 1. The van der Waals surface area contributed by atoms with E-state index in [1.807, 2.05) is 13.8 Å². The number of carboxylic acids is 1. The number of aliphatic carboxylic acids is 1. The summed E-state index contributed by atoms with van der Waals surface area (Å²) in [5.74, 6) is -1.13. The number of nitrogens with one attached hydrogen (secondary N) is 1. The zero-order chi connectivity index (χ0) is 12.7. The highest BCUT2D eigenvalue weighted by Crippen LogP contribution is 2.04. The number of carbonyl (C=O) groups excluding carboxylic acids is 1. The Morgan fingerprint density at radius 3 is 2.31 bits per heavy atom. The van der Waals surface area contributed by atoms with Crippen LogP contribution in [0.4, 0.5) is 4.79 Å². The van der Waals surface area contributed by atoms with E-state index >= 15 is 0 Å². The Labute approximate surface area is 96.8 Å². The molecule has 0 bridgehead atoms. The molecule has 0 aliphatic heterocycles. The first-order valence-corrected chi connectivity index (χ1v) is 5.59. The highest BCUT2D eigenvalue weighted by atomic mass is 16.4. The van der Waals surface area contributed by atoms with Crippen LogP contribution in [0.2, 0.25) is 0 Å². The van der Waals surface area contributed by atoms with Crippen LogP contribution in [0, 0.1) is 5.92 Å². The van der Waals surface area contributed by atoms with Crippen molar-refractivity contribution in [1.82, 2.24) is 10.2 Å². The third kappa shape index (κ3) is 5.58. The summed E-state index contributed by atoms with van der Waals surface area (Å²) < 4.78 is 0. The number of rotatable bonds is 6. The van der Waals surface area contributed by atoms with Gasteiger partial charge in [0.25, 0.3) is 0 Å². The van der Waals surface area contributed by atoms with Gasteiger partial charge in [0.05, 0.1) is 5.92 Å². The van der Waals surface area contributed by atoms with E-state index in [1.54, 1.807) is 18.9 Å². The molecule has 16 heavy (non-hydrogen) atoms. The van der Waals surface area contributed by atoms with E-state index in [4.69, 9.17) is 5.11 Å². The minimum Gasteiger partial charge on any atom is -0.481 e. The Morgan fingerprint density at radius 2 is 1.88 bits per heavy atom. The molecule has 0 radical (unpaired) electrons. The highest BCUT2D eigenvalue weighted by molar-refractivity contribution is 5.74. The van der Waals surface area contributed by atoms with Crippen molar-refractivity contribution in [3.8, 4) is 0 Å². The number of hydrogen-bond acceptors (Lipinski definition) is 2. The molecule has 5 nitrogen and oxygen atoms in total. The molecule has 94 valence electrons. The van der Waals surface area contributed by atoms with Crippen molar-refractivity contribution >= 4 is 12.0 Å². The van der Waals surface area contributed by atoms with E-state index in [2.05, 4.69) is 5.32 Å².